The highest BCUT2D eigenvalue weighted by Crippen LogP contribution is 2.12. The maximum absolute atomic E-state index is 11.9. The lowest BCUT2D eigenvalue weighted by atomic mass is 10.1. The van der Waals surface area contributed by atoms with E-state index in [0.717, 1.165) is 17.9 Å². The lowest BCUT2D eigenvalue weighted by Gasteiger charge is -2.13. The Morgan fingerprint density at radius 3 is 2.50 bits per heavy atom. The van der Waals surface area contributed by atoms with Crippen LogP contribution < -0.4 is 10.0 Å². The van der Waals surface area contributed by atoms with Crippen LogP contribution in [0.1, 0.15) is 23.7 Å². The first-order valence-corrected chi connectivity index (χ1v) is 8.48. The Kier molecular flexibility index (Phi) is 7.05. The van der Waals surface area contributed by atoms with Gasteiger partial charge in [0, 0.05) is 23.5 Å². The van der Waals surface area contributed by atoms with Crippen molar-refractivity contribution in [2.24, 2.45) is 0 Å². The number of benzene rings is 1. The number of anilines is 1. The van der Waals surface area contributed by atoms with Crippen molar-refractivity contribution in [1.82, 2.24) is 5.32 Å². The van der Waals surface area contributed by atoms with Gasteiger partial charge < -0.3 is 10.0 Å². The highest BCUT2D eigenvalue weighted by Gasteiger charge is 2.09. The quantitative estimate of drug-likeness (QED) is 0.754. The Labute approximate surface area is 118 Å². The van der Waals surface area contributed by atoms with Gasteiger partial charge in [0.05, 0.1) is 0 Å². The summed E-state index contributed by atoms with van der Waals surface area (Å²) < 4.78 is 3.12. The van der Waals surface area contributed by atoms with Gasteiger partial charge in [-0.05, 0) is 49.6 Å². The molecule has 1 aromatic rings. The average molecular weight is 284 g/mol. The van der Waals surface area contributed by atoms with Crippen LogP contribution in [0.3, 0.4) is 0 Å². The molecule has 0 spiro atoms. The topological polar surface area (TPSA) is 41.1 Å². The fourth-order valence-electron chi connectivity index (χ4n) is 1.48. The second-order valence-corrected chi connectivity index (χ2v) is 5.64. The molecule has 0 aliphatic rings. The van der Waals surface area contributed by atoms with E-state index in [2.05, 4.69) is 16.3 Å². The molecule has 5 heteroatoms. The van der Waals surface area contributed by atoms with Crippen LogP contribution in [0.4, 0.5) is 5.69 Å². The minimum absolute atomic E-state index is 0.000644. The highest BCUT2D eigenvalue weighted by molar-refractivity contribution is 7.99. The Morgan fingerprint density at radius 1 is 1.28 bits per heavy atom. The standard InChI is InChI=1S/C13H20N2OS2/c1-10(8-9-17-2)14-13(16)11-4-6-12(7-5-11)15-18-3/h4-7,10,15H,8-9H2,1-3H3,(H,14,16). The molecule has 0 saturated heterocycles. The minimum Gasteiger partial charge on any atom is -0.350 e. The van der Waals surface area contributed by atoms with Crippen molar-refractivity contribution in [3.63, 3.8) is 0 Å². The summed E-state index contributed by atoms with van der Waals surface area (Å²) in [5.74, 6) is 1.07. The summed E-state index contributed by atoms with van der Waals surface area (Å²) in [5.41, 5.74) is 1.71. The van der Waals surface area contributed by atoms with Gasteiger partial charge in [-0.2, -0.15) is 11.8 Å². The van der Waals surface area contributed by atoms with Gasteiger partial charge in [-0.15, -0.1) is 0 Å². The van der Waals surface area contributed by atoms with Crippen molar-refractivity contribution in [2.75, 3.05) is 23.0 Å². The Hall–Kier alpha value is -0.810. The Balaban J connectivity index is 2.50. The summed E-state index contributed by atoms with van der Waals surface area (Å²) >= 11 is 3.33. The van der Waals surface area contributed by atoms with Crippen LogP contribution in [0.15, 0.2) is 24.3 Å². The number of carbonyl (C=O) groups is 1. The molecule has 1 unspecified atom stereocenters. The second kappa shape index (κ2) is 8.32. The molecule has 1 amide bonds. The van der Waals surface area contributed by atoms with Gasteiger partial charge in [0.15, 0.2) is 0 Å². The predicted molar refractivity (Wildman–Crippen MR) is 83.5 cm³/mol. The molecular weight excluding hydrogens is 264 g/mol. The van der Waals surface area contributed by atoms with E-state index >= 15 is 0 Å². The molecule has 0 radical (unpaired) electrons. The third-order valence-corrected chi connectivity index (χ3v) is 3.58. The molecule has 0 saturated carbocycles. The van der Waals surface area contributed by atoms with Gasteiger partial charge in [-0.25, -0.2) is 0 Å². The SMILES string of the molecule is CSCCC(C)NC(=O)c1ccc(NSC)cc1. The number of rotatable bonds is 7. The van der Waals surface area contributed by atoms with E-state index in [1.807, 2.05) is 37.4 Å². The van der Waals surface area contributed by atoms with Gasteiger partial charge >= 0.3 is 0 Å². The second-order valence-electron chi connectivity index (χ2n) is 4.04. The maximum Gasteiger partial charge on any atom is 0.251 e. The van der Waals surface area contributed by atoms with Crippen molar-refractivity contribution < 1.29 is 4.79 Å². The van der Waals surface area contributed by atoms with Gasteiger partial charge in [-0.3, -0.25) is 4.79 Å². The molecule has 0 aromatic heterocycles. The zero-order valence-corrected chi connectivity index (χ0v) is 12.7. The van der Waals surface area contributed by atoms with Crippen molar-refractivity contribution in [3.8, 4) is 0 Å². The van der Waals surface area contributed by atoms with Crippen molar-refractivity contribution in [1.29, 1.82) is 0 Å². The fourth-order valence-corrected chi connectivity index (χ4v) is 2.44. The van der Waals surface area contributed by atoms with Crippen LogP contribution in [-0.4, -0.2) is 30.2 Å². The smallest absolute Gasteiger partial charge is 0.251 e. The van der Waals surface area contributed by atoms with Crippen LogP contribution in [0.2, 0.25) is 0 Å². The Bertz CT molecular complexity index is 368. The summed E-state index contributed by atoms with van der Waals surface area (Å²) in [7, 11) is 0. The molecule has 0 heterocycles. The summed E-state index contributed by atoms with van der Waals surface area (Å²) in [5, 5.41) is 3.00. The molecule has 0 bridgehead atoms. The monoisotopic (exact) mass is 284 g/mol. The maximum atomic E-state index is 11.9. The summed E-state index contributed by atoms with van der Waals surface area (Å²) in [4.78, 5) is 11.9. The van der Waals surface area contributed by atoms with Crippen LogP contribution in [-0.2, 0) is 0 Å². The number of carbonyl (C=O) groups excluding carboxylic acids is 1. The largest absolute Gasteiger partial charge is 0.350 e. The lowest BCUT2D eigenvalue weighted by molar-refractivity contribution is 0.0939. The number of amides is 1. The minimum atomic E-state index is -0.000644. The Morgan fingerprint density at radius 2 is 1.94 bits per heavy atom. The molecule has 3 nitrogen and oxygen atoms in total. The molecule has 1 atom stereocenters. The molecule has 1 rings (SSSR count). The zero-order valence-electron chi connectivity index (χ0n) is 11.0. The summed E-state index contributed by atoms with van der Waals surface area (Å²) in [6.07, 6.45) is 5.04. The van der Waals surface area contributed by atoms with E-state index in [1.165, 1.54) is 11.9 Å². The van der Waals surface area contributed by atoms with Crippen LogP contribution in [0.5, 0.6) is 0 Å². The van der Waals surface area contributed by atoms with E-state index in [4.69, 9.17) is 0 Å². The highest BCUT2D eigenvalue weighted by atomic mass is 32.2. The molecule has 100 valence electrons. The zero-order chi connectivity index (χ0) is 13.4. The van der Waals surface area contributed by atoms with Crippen molar-refractivity contribution in [2.45, 2.75) is 19.4 Å². The first kappa shape index (κ1) is 15.2. The number of nitrogens with one attached hydrogen (secondary N) is 2. The molecule has 2 N–H and O–H groups in total. The molecular formula is C13H20N2OS2. The van der Waals surface area contributed by atoms with Gasteiger partial charge in [0.2, 0.25) is 0 Å². The van der Waals surface area contributed by atoms with E-state index in [0.29, 0.717) is 5.56 Å². The molecule has 0 aliphatic carbocycles. The molecule has 0 aliphatic heterocycles. The number of hydrogen-bond acceptors (Lipinski definition) is 4. The first-order valence-electron chi connectivity index (χ1n) is 5.86. The van der Waals surface area contributed by atoms with Gasteiger partial charge in [-0.1, -0.05) is 11.9 Å². The lowest BCUT2D eigenvalue weighted by Crippen LogP contribution is -2.32. The van der Waals surface area contributed by atoms with Crippen LogP contribution >= 0.6 is 23.7 Å². The first-order chi connectivity index (χ1) is 8.67. The van der Waals surface area contributed by atoms with Crippen LogP contribution in [0.25, 0.3) is 0 Å². The van der Waals surface area contributed by atoms with Crippen molar-refractivity contribution in [3.05, 3.63) is 29.8 Å². The molecule has 0 fully saturated rings. The van der Waals surface area contributed by atoms with E-state index in [1.54, 1.807) is 11.8 Å². The molecule has 18 heavy (non-hydrogen) atoms. The predicted octanol–water partition coefficient (Wildman–Crippen LogP) is 3.25. The van der Waals surface area contributed by atoms with Gasteiger partial charge in [0.1, 0.15) is 0 Å². The normalized spacial score (nSPS) is 11.9. The van der Waals surface area contributed by atoms with Crippen molar-refractivity contribution >= 4 is 35.3 Å². The van der Waals surface area contributed by atoms with E-state index < -0.39 is 0 Å². The van der Waals surface area contributed by atoms with E-state index in [9.17, 15) is 4.79 Å². The summed E-state index contributed by atoms with van der Waals surface area (Å²) in [6.45, 7) is 2.04. The van der Waals surface area contributed by atoms with Crippen LogP contribution in [0, 0.1) is 0 Å². The average Bonchev–Trinajstić information content (AvgIpc) is 2.37. The molecule has 1 aromatic carbocycles. The third kappa shape index (κ3) is 5.23. The summed E-state index contributed by atoms with van der Waals surface area (Å²) in [6, 6.07) is 7.73. The fraction of sp³-hybridized carbons (Fsp3) is 0.462. The number of hydrogen-bond donors (Lipinski definition) is 2. The van der Waals surface area contributed by atoms with Gasteiger partial charge in [0.25, 0.3) is 5.91 Å². The third-order valence-electron chi connectivity index (χ3n) is 2.50. The number of thioether (sulfide) groups is 1. The van der Waals surface area contributed by atoms with E-state index in [-0.39, 0.29) is 11.9 Å².